The van der Waals surface area contributed by atoms with Gasteiger partial charge in [0.2, 0.25) is 5.89 Å². The number of carbonyl (C=O) groups is 1. The highest BCUT2D eigenvalue weighted by Crippen LogP contribution is 2.31. The molecule has 132 valence electrons. The van der Waals surface area contributed by atoms with Crippen molar-refractivity contribution in [1.82, 2.24) is 9.97 Å². The normalized spacial score (nSPS) is 10.7. The maximum atomic E-state index is 12.4. The molecule has 4 aromatic rings. The third-order valence-electron chi connectivity index (χ3n) is 3.91. The molecule has 27 heavy (non-hydrogen) atoms. The minimum Gasteiger partial charge on any atom is -0.436 e. The van der Waals surface area contributed by atoms with Crippen LogP contribution in [0.1, 0.15) is 10.4 Å². The van der Waals surface area contributed by atoms with E-state index in [9.17, 15) is 14.9 Å². The van der Waals surface area contributed by atoms with Gasteiger partial charge < -0.3 is 9.73 Å². The highest BCUT2D eigenvalue weighted by Gasteiger charge is 2.16. The second kappa shape index (κ2) is 6.68. The molecule has 0 aliphatic heterocycles. The fraction of sp³-hybridized carbons (Fsp3) is 0. The van der Waals surface area contributed by atoms with Crippen LogP contribution in [0, 0.1) is 10.1 Å². The summed E-state index contributed by atoms with van der Waals surface area (Å²) in [6.07, 6.45) is 3.05. The number of hydrogen-bond donors (Lipinski definition) is 1. The number of para-hydroxylation sites is 1. The first-order chi connectivity index (χ1) is 13.1. The van der Waals surface area contributed by atoms with E-state index in [2.05, 4.69) is 15.3 Å². The molecule has 0 fully saturated rings. The number of rotatable bonds is 4. The van der Waals surface area contributed by atoms with E-state index < -0.39 is 4.92 Å². The van der Waals surface area contributed by atoms with Crippen molar-refractivity contribution in [2.24, 2.45) is 0 Å². The van der Waals surface area contributed by atoms with Crippen LogP contribution in [0.4, 0.5) is 11.4 Å². The Bertz CT molecular complexity index is 1150. The summed E-state index contributed by atoms with van der Waals surface area (Å²) in [5.74, 6) is -0.0603. The molecule has 1 amide bonds. The molecule has 0 radical (unpaired) electrons. The summed E-state index contributed by atoms with van der Waals surface area (Å²) in [6, 6.07) is 14.6. The first kappa shape index (κ1) is 16.4. The molecule has 0 aliphatic rings. The van der Waals surface area contributed by atoms with Crippen LogP contribution in [0.15, 0.2) is 71.4 Å². The molecule has 0 bridgehead atoms. The quantitative estimate of drug-likeness (QED) is 0.434. The fourth-order valence-corrected chi connectivity index (χ4v) is 2.61. The minimum absolute atomic E-state index is 0.0802. The van der Waals surface area contributed by atoms with E-state index in [0.29, 0.717) is 27.9 Å². The van der Waals surface area contributed by atoms with Crippen LogP contribution < -0.4 is 5.32 Å². The van der Waals surface area contributed by atoms with Gasteiger partial charge in [-0.15, -0.1) is 0 Å². The molecular weight excluding hydrogens is 348 g/mol. The molecular formula is C19H12N4O4. The van der Waals surface area contributed by atoms with Crippen LogP contribution in [-0.4, -0.2) is 20.8 Å². The minimum atomic E-state index is -0.496. The highest BCUT2D eigenvalue weighted by molar-refractivity contribution is 6.05. The van der Waals surface area contributed by atoms with E-state index in [1.807, 2.05) is 0 Å². The van der Waals surface area contributed by atoms with Gasteiger partial charge in [0.25, 0.3) is 11.6 Å². The summed E-state index contributed by atoms with van der Waals surface area (Å²) in [5.41, 5.74) is 2.20. The number of nitro benzene ring substituents is 1. The van der Waals surface area contributed by atoms with Crippen LogP contribution in [0.3, 0.4) is 0 Å². The van der Waals surface area contributed by atoms with Gasteiger partial charge >= 0.3 is 0 Å². The molecule has 0 spiro atoms. The van der Waals surface area contributed by atoms with E-state index in [-0.39, 0.29) is 17.5 Å². The van der Waals surface area contributed by atoms with Crippen LogP contribution in [-0.2, 0) is 0 Å². The topological polar surface area (TPSA) is 111 Å². The molecule has 2 aromatic carbocycles. The second-order valence-electron chi connectivity index (χ2n) is 5.67. The molecule has 0 saturated carbocycles. The van der Waals surface area contributed by atoms with E-state index in [1.54, 1.807) is 42.6 Å². The van der Waals surface area contributed by atoms with Gasteiger partial charge in [-0.2, -0.15) is 0 Å². The number of pyridine rings is 1. The lowest BCUT2D eigenvalue weighted by molar-refractivity contribution is -0.384. The van der Waals surface area contributed by atoms with E-state index >= 15 is 0 Å². The molecule has 2 heterocycles. The number of aromatic nitrogens is 2. The van der Waals surface area contributed by atoms with Crippen LogP contribution in [0.5, 0.6) is 0 Å². The summed E-state index contributed by atoms with van der Waals surface area (Å²) < 4.78 is 5.69. The monoisotopic (exact) mass is 360 g/mol. The molecule has 0 aliphatic carbocycles. The molecule has 4 rings (SSSR count). The number of hydrogen-bond acceptors (Lipinski definition) is 6. The van der Waals surface area contributed by atoms with Gasteiger partial charge in [0, 0.05) is 18.5 Å². The number of amides is 1. The number of oxazole rings is 1. The average molecular weight is 360 g/mol. The first-order valence-electron chi connectivity index (χ1n) is 7.97. The molecule has 0 unspecified atom stereocenters. The molecule has 8 nitrogen and oxygen atoms in total. The Labute approximate surface area is 152 Å². The Morgan fingerprint density at radius 1 is 1.11 bits per heavy atom. The highest BCUT2D eigenvalue weighted by atomic mass is 16.6. The summed E-state index contributed by atoms with van der Waals surface area (Å²) in [6.45, 7) is 0. The Balaban J connectivity index is 1.71. The lowest BCUT2D eigenvalue weighted by Crippen LogP contribution is -2.12. The second-order valence-corrected chi connectivity index (χ2v) is 5.67. The number of carbonyl (C=O) groups excluding carboxylic acids is 1. The maximum absolute atomic E-state index is 12.4. The zero-order valence-electron chi connectivity index (χ0n) is 13.8. The van der Waals surface area contributed by atoms with Crippen molar-refractivity contribution in [3.63, 3.8) is 0 Å². The Morgan fingerprint density at radius 2 is 1.96 bits per heavy atom. The largest absolute Gasteiger partial charge is 0.436 e. The summed E-state index contributed by atoms with van der Waals surface area (Å²) in [4.78, 5) is 31.1. The number of fused-ring (bicyclic) bond motifs is 1. The number of non-ortho nitro benzene ring substituents is 1. The standard InChI is InChI=1S/C19H12N4O4/c24-18(12-4-3-9-20-11-12)21-15-6-2-1-5-14(15)19-22-16-8-7-13(23(25)26)10-17(16)27-19/h1-11H,(H,21,24). The van der Waals surface area contributed by atoms with Crippen LogP contribution in [0.2, 0.25) is 0 Å². The lowest BCUT2D eigenvalue weighted by atomic mass is 10.1. The Kier molecular flexibility index (Phi) is 4.06. The number of anilines is 1. The van der Waals surface area contributed by atoms with Crippen molar-refractivity contribution in [2.45, 2.75) is 0 Å². The van der Waals surface area contributed by atoms with Gasteiger partial charge in [-0.1, -0.05) is 12.1 Å². The van der Waals surface area contributed by atoms with E-state index in [1.165, 1.54) is 24.4 Å². The van der Waals surface area contributed by atoms with E-state index in [0.717, 1.165) is 0 Å². The van der Waals surface area contributed by atoms with Crippen molar-refractivity contribution in [3.8, 4) is 11.5 Å². The predicted molar refractivity (Wildman–Crippen MR) is 98.3 cm³/mol. The van der Waals surface area contributed by atoms with Gasteiger partial charge in [-0.25, -0.2) is 4.98 Å². The summed E-state index contributed by atoms with van der Waals surface area (Å²) in [7, 11) is 0. The van der Waals surface area contributed by atoms with Gasteiger partial charge in [0.1, 0.15) is 5.52 Å². The molecule has 0 saturated heterocycles. The smallest absolute Gasteiger partial charge is 0.273 e. The zero-order chi connectivity index (χ0) is 18.8. The van der Waals surface area contributed by atoms with Gasteiger partial charge in [0.15, 0.2) is 5.58 Å². The average Bonchev–Trinajstić information content (AvgIpc) is 3.12. The SMILES string of the molecule is O=C(Nc1ccccc1-c1nc2ccc([N+](=O)[O-])cc2o1)c1cccnc1. The van der Waals surface area contributed by atoms with Gasteiger partial charge in [-0.05, 0) is 30.3 Å². The Hall–Kier alpha value is -4.07. The number of benzene rings is 2. The number of nitro groups is 1. The maximum Gasteiger partial charge on any atom is 0.273 e. The predicted octanol–water partition coefficient (Wildman–Crippen LogP) is 4.05. The van der Waals surface area contributed by atoms with Crippen molar-refractivity contribution in [2.75, 3.05) is 5.32 Å². The molecule has 2 aromatic heterocycles. The number of nitrogens with zero attached hydrogens (tertiary/aromatic N) is 3. The van der Waals surface area contributed by atoms with Crippen molar-refractivity contribution in [3.05, 3.63) is 82.7 Å². The van der Waals surface area contributed by atoms with Crippen molar-refractivity contribution < 1.29 is 14.1 Å². The van der Waals surface area contributed by atoms with Gasteiger partial charge in [-0.3, -0.25) is 19.9 Å². The van der Waals surface area contributed by atoms with Crippen LogP contribution in [0.25, 0.3) is 22.6 Å². The van der Waals surface area contributed by atoms with Crippen molar-refractivity contribution in [1.29, 1.82) is 0 Å². The van der Waals surface area contributed by atoms with E-state index in [4.69, 9.17) is 4.42 Å². The molecule has 1 N–H and O–H groups in total. The third-order valence-corrected chi connectivity index (χ3v) is 3.91. The summed E-state index contributed by atoms with van der Waals surface area (Å²) >= 11 is 0. The third kappa shape index (κ3) is 3.23. The van der Waals surface area contributed by atoms with Crippen LogP contribution >= 0.6 is 0 Å². The summed E-state index contributed by atoms with van der Waals surface area (Å²) in [5, 5.41) is 13.7. The van der Waals surface area contributed by atoms with Crippen molar-refractivity contribution >= 4 is 28.4 Å². The Morgan fingerprint density at radius 3 is 2.74 bits per heavy atom. The van der Waals surface area contributed by atoms with Gasteiger partial charge in [0.05, 0.1) is 27.8 Å². The molecule has 0 atom stereocenters. The zero-order valence-corrected chi connectivity index (χ0v) is 13.8. The molecule has 8 heteroatoms. The fourth-order valence-electron chi connectivity index (χ4n) is 2.61. The lowest BCUT2D eigenvalue weighted by Gasteiger charge is -2.08. The first-order valence-corrected chi connectivity index (χ1v) is 7.97. The number of nitrogens with one attached hydrogen (secondary N) is 1.